The van der Waals surface area contributed by atoms with Crippen molar-refractivity contribution in [3.63, 3.8) is 0 Å². The number of hydrazine groups is 1. The molecule has 80 valence electrons. The van der Waals surface area contributed by atoms with Crippen LogP contribution in [0.5, 0.6) is 5.75 Å². The molecular weight excluding hydrogens is 192 g/mol. The second-order valence-electron chi connectivity index (χ2n) is 3.66. The number of hydrogen-bond donors (Lipinski definition) is 2. The number of benzene rings is 1. The van der Waals surface area contributed by atoms with Crippen molar-refractivity contribution in [1.29, 1.82) is 0 Å². The van der Waals surface area contributed by atoms with Gasteiger partial charge in [-0.1, -0.05) is 12.1 Å². The summed E-state index contributed by atoms with van der Waals surface area (Å²) in [4.78, 5) is 11.5. The third kappa shape index (κ3) is 2.47. The molecule has 4 heteroatoms. The summed E-state index contributed by atoms with van der Waals surface area (Å²) in [6, 6.07) is 6.96. The van der Waals surface area contributed by atoms with Gasteiger partial charge >= 0.3 is 0 Å². The standard InChI is InChI=1S/C11H14N2O2/c14-10-4-1-3-9(7-10)8-13-11(15)5-2-6-12-13/h1,3-4,7,12,14H,2,5-6,8H2. The normalized spacial score (nSPS) is 16.8. The number of carbonyl (C=O) groups excluding carboxylic acids is 1. The average Bonchev–Trinajstić information content (AvgIpc) is 2.22. The molecule has 0 aliphatic carbocycles. The van der Waals surface area contributed by atoms with Crippen LogP contribution in [0.2, 0.25) is 0 Å². The lowest BCUT2D eigenvalue weighted by molar-refractivity contribution is -0.137. The van der Waals surface area contributed by atoms with E-state index in [1.165, 1.54) is 0 Å². The smallest absolute Gasteiger partial charge is 0.237 e. The van der Waals surface area contributed by atoms with Crippen LogP contribution in [0.15, 0.2) is 24.3 Å². The van der Waals surface area contributed by atoms with Crippen LogP contribution in [0.3, 0.4) is 0 Å². The Balaban J connectivity index is 2.04. The van der Waals surface area contributed by atoms with Crippen molar-refractivity contribution in [2.45, 2.75) is 19.4 Å². The molecule has 0 bridgehead atoms. The Labute approximate surface area is 88.5 Å². The number of aromatic hydroxyl groups is 1. The minimum atomic E-state index is 0.115. The summed E-state index contributed by atoms with van der Waals surface area (Å²) < 4.78 is 0. The molecule has 1 saturated heterocycles. The predicted molar refractivity (Wildman–Crippen MR) is 55.9 cm³/mol. The lowest BCUT2D eigenvalue weighted by Crippen LogP contribution is -2.46. The topological polar surface area (TPSA) is 52.6 Å². The molecule has 0 aromatic heterocycles. The van der Waals surface area contributed by atoms with E-state index in [9.17, 15) is 9.90 Å². The van der Waals surface area contributed by atoms with Crippen molar-refractivity contribution in [2.75, 3.05) is 6.54 Å². The quantitative estimate of drug-likeness (QED) is 0.759. The Hall–Kier alpha value is -1.55. The number of rotatable bonds is 2. The zero-order valence-electron chi connectivity index (χ0n) is 8.44. The fourth-order valence-corrected chi connectivity index (χ4v) is 1.66. The molecule has 0 spiro atoms. The minimum absolute atomic E-state index is 0.115. The van der Waals surface area contributed by atoms with E-state index in [1.54, 1.807) is 23.2 Å². The summed E-state index contributed by atoms with van der Waals surface area (Å²) in [5.74, 6) is 0.349. The molecule has 0 radical (unpaired) electrons. The van der Waals surface area contributed by atoms with Gasteiger partial charge < -0.3 is 5.11 Å². The zero-order valence-corrected chi connectivity index (χ0v) is 8.44. The molecule has 15 heavy (non-hydrogen) atoms. The number of nitrogens with one attached hydrogen (secondary N) is 1. The van der Waals surface area contributed by atoms with Gasteiger partial charge in [-0.2, -0.15) is 0 Å². The van der Waals surface area contributed by atoms with Crippen LogP contribution < -0.4 is 5.43 Å². The fourth-order valence-electron chi connectivity index (χ4n) is 1.66. The summed E-state index contributed by atoms with van der Waals surface area (Å²) in [5.41, 5.74) is 3.97. The van der Waals surface area contributed by atoms with Gasteiger partial charge in [0.1, 0.15) is 5.75 Å². The third-order valence-electron chi connectivity index (χ3n) is 2.42. The van der Waals surface area contributed by atoms with Gasteiger partial charge in [-0.3, -0.25) is 9.80 Å². The van der Waals surface area contributed by atoms with E-state index in [0.717, 1.165) is 18.5 Å². The predicted octanol–water partition coefficient (Wildman–Crippen LogP) is 1.02. The summed E-state index contributed by atoms with van der Waals surface area (Å²) >= 11 is 0. The minimum Gasteiger partial charge on any atom is -0.508 e. The number of amides is 1. The van der Waals surface area contributed by atoms with Crippen LogP contribution in [0, 0.1) is 0 Å². The SMILES string of the molecule is O=C1CCCNN1Cc1cccc(O)c1. The molecule has 1 amide bonds. The van der Waals surface area contributed by atoms with E-state index in [0.29, 0.717) is 13.0 Å². The molecule has 2 N–H and O–H groups in total. The fraction of sp³-hybridized carbons (Fsp3) is 0.364. The first-order valence-electron chi connectivity index (χ1n) is 5.07. The summed E-state index contributed by atoms with van der Waals surface area (Å²) in [6.45, 7) is 1.35. The molecule has 1 aromatic rings. The van der Waals surface area contributed by atoms with Gasteiger partial charge in [0.05, 0.1) is 6.54 Å². The Morgan fingerprint density at radius 2 is 2.33 bits per heavy atom. The Bertz CT molecular complexity index is 365. The first-order chi connectivity index (χ1) is 7.25. The monoisotopic (exact) mass is 206 g/mol. The van der Waals surface area contributed by atoms with Gasteiger partial charge in [0.2, 0.25) is 5.91 Å². The molecule has 1 fully saturated rings. The number of carbonyl (C=O) groups is 1. The third-order valence-corrected chi connectivity index (χ3v) is 2.42. The average molecular weight is 206 g/mol. The van der Waals surface area contributed by atoms with E-state index in [-0.39, 0.29) is 11.7 Å². The van der Waals surface area contributed by atoms with E-state index in [1.807, 2.05) is 6.07 Å². The maximum absolute atomic E-state index is 11.5. The van der Waals surface area contributed by atoms with Crippen molar-refractivity contribution in [3.8, 4) is 5.75 Å². The van der Waals surface area contributed by atoms with E-state index >= 15 is 0 Å². The maximum atomic E-state index is 11.5. The zero-order chi connectivity index (χ0) is 10.7. The molecule has 1 heterocycles. The summed E-state index contributed by atoms with van der Waals surface area (Å²) in [7, 11) is 0. The van der Waals surface area contributed by atoms with Crippen molar-refractivity contribution in [1.82, 2.24) is 10.4 Å². The number of nitrogens with zero attached hydrogens (tertiary/aromatic N) is 1. The molecule has 0 atom stereocenters. The number of hydrogen-bond acceptors (Lipinski definition) is 3. The van der Waals surface area contributed by atoms with Crippen LogP contribution in [0.1, 0.15) is 18.4 Å². The highest BCUT2D eigenvalue weighted by Crippen LogP contribution is 2.13. The molecule has 1 aromatic carbocycles. The highest BCUT2D eigenvalue weighted by atomic mass is 16.3. The van der Waals surface area contributed by atoms with E-state index in [2.05, 4.69) is 5.43 Å². The largest absolute Gasteiger partial charge is 0.508 e. The van der Waals surface area contributed by atoms with Crippen LogP contribution in [-0.4, -0.2) is 22.6 Å². The lowest BCUT2D eigenvalue weighted by Gasteiger charge is -2.27. The highest BCUT2D eigenvalue weighted by Gasteiger charge is 2.17. The highest BCUT2D eigenvalue weighted by molar-refractivity contribution is 5.76. The molecule has 0 unspecified atom stereocenters. The van der Waals surface area contributed by atoms with Gasteiger partial charge in [-0.25, -0.2) is 5.43 Å². The Kier molecular flexibility index (Phi) is 2.87. The van der Waals surface area contributed by atoms with Crippen LogP contribution in [0.4, 0.5) is 0 Å². The van der Waals surface area contributed by atoms with Gasteiger partial charge in [0.15, 0.2) is 0 Å². The molecule has 1 aliphatic heterocycles. The van der Waals surface area contributed by atoms with Gasteiger partial charge in [0.25, 0.3) is 0 Å². The van der Waals surface area contributed by atoms with Crippen molar-refractivity contribution in [3.05, 3.63) is 29.8 Å². The second-order valence-corrected chi connectivity index (χ2v) is 3.66. The Morgan fingerprint density at radius 3 is 3.07 bits per heavy atom. The van der Waals surface area contributed by atoms with Gasteiger partial charge in [0, 0.05) is 13.0 Å². The van der Waals surface area contributed by atoms with Crippen LogP contribution >= 0.6 is 0 Å². The number of phenols is 1. The number of phenolic OH excluding ortho intramolecular Hbond substituents is 1. The summed E-state index contributed by atoms with van der Waals surface area (Å²) in [5, 5.41) is 10.9. The summed E-state index contributed by atoms with van der Waals surface area (Å²) in [6.07, 6.45) is 1.50. The van der Waals surface area contributed by atoms with Crippen LogP contribution in [-0.2, 0) is 11.3 Å². The van der Waals surface area contributed by atoms with Crippen molar-refractivity contribution < 1.29 is 9.90 Å². The molecule has 0 saturated carbocycles. The lowest BCUT2D eigenvalue weighted by atomic mass is 10.2. The van der Waals surface area contributed by atoms with Crippen molar-refractivity contribution in [2.24, 2.45) is 0 Å². The first kappa shape index (κ1) is 9.98. The molecule has 4 nitrogen and oxygen atoms in total. The maximum Gasteiger partial charge on any atom is 0.237 e. The van der Waals surface area contributed by atoms with Gasteiger partial charge in [-0.15, -0.1) is 0 Å². The van der Waals surface area contributed by atoms with Crippen LogP contribution in [0.25, 0.3) is 0 Å². The van der Waals surface area contributed by atoms with E-state index in [4.69, 9.17) is 0 Å². The molecule has 2 rings (SSSR count). The van der Waals surface area contributed by atoms with E-state index < -0.39 is 0 Å². The second kappa shape index (κ2) is 4.31. The molecule has 1 aliphatic rings. The first-order valence-corrected chi connectivity index (χ1v) is 5.07. The molecular formula is C11H14N2O2. The van der Waals surface area contributed by atoms with Gasteiger partial charge in [-0.05, 0) is 24.1 Å². The Morgan fingerprint density at radius 1 is 1.47 bits per heavy atom. The van der Waals surface area contributed by atoms with Crippen molar-refractivity contribution >= 4 is 5.91 Å².